The van der Waals surface area contributed by atoms with Crippen molar-refractivity contribution in [3.05, 3.63) is 78.4 Å². The molecule has 6 nitrogen and oxygen atoms in total. The van der Waals surface area contributed by atoms with Crippen LogP contribution in [0, 0.1) is 0 Å². The first-order valence-electron chi connectivity index (χ1n) is 7.64. The number of aromatic carboxylic acids is 1. The predicted molar refractivity (Wildman–Crippen MR) is 93.1 cm³/mol. The number of benzene rings is 3. The van der Waals surface area contributed by atoms with Crippen molar-refractivity contribution >= 4 is 12.4 Å². The number of para-hydroxylation sites is 2. The fourth-order valence-corrected chi connectivity index (χ4v) is 2.18. The SMILES string of the molecule is O=COc1ccc(Oc2ccccc2Oc2ccc(C(=O)O)cc2)cc1. The number of rotatable bonds is 7. The molecule has 0 atom stereocenters. The van der Waals surface area contributed by atoms with Gasteiger partial charge >= 0.3 is 5.97 Å². The average molecular weight is 350 g/mol. The molecule has 3 aromatic rings. The molecule has 26 heavy (non-hydrogen) atoms. The lowest BCUT2D eigenvalue weighted by atomic mass is 10.2. The number of ether oxygens (including phenoxy) is 3. The third-order valence-electron chi connectivity index (χ3n) is 3.41. The molecule has 0 aliphatic heterocycles. The van der Waals surface area contributed by atoms with Crippen LogP contribution in [0.3, 0.4) is 0 Å². The van der Waals surface area contributed by atoms with Gasteiger partial charge in [0, 0.05) is 0 Å². The van der Waals surface area contributed by atoms with Crippen molar-refractivity contribution < 1.29 is 28.9 Å². The lowest BCUT2D eigenvalue weighted by molar-refractivity contribution is -0.120. The van der Waals surface area contributed by atoms with E-state index in [-0.39, 0.29) is 5.56 Å². The van der Waals surface area contributed by atoms with E-state index in [4.69, 9.17) is 19.3 Å². The first kappa shape index (κ1) is 17.0. The maximum atomic E-state index is 10.9. The van der Waals surface area contributed by atoms with Crippen LogP contribution in [0.2, 0.25) is 0 Å². The highest BCUT2D eigenvalue weighted by atomic mass is 16.5. The Kier molecular flexibility index (Phi) is 5.14. The van der Waals surface area contributed by atoms with Crippen molar-refractivity contribution in [3.63, 3.8) is 0 Å². The largest absolute Gasteiger partial charge is 0.478 e. The lowest BCUT2D eigenvalue weighted by Gasteiger charge is -2.12. The summed E-state index contributed by atoms with van der Waals surface area (Å²) in [6.45, 7) is 0.356. The molecular weight excluding hydrogens is 336 g/mol. The molecule has 0 fully saturated rings. The first-order valence-corrected chi connectivity index (χ1v) is 7.64. The summed E-state index contributed by atoms with van der Waals surface area (Å²) in [6.07, 6.45) is 0. The molecule has 1 N–H and O–H groups in total. The zero-order valence-corrected chi connectivity index (χ0v) is 13.5. The van der Waals surface area contributed by atoms with E-state index in [0.717, 1.165) is 0 Å². The molecule has 3 aromatic carbocycles. The van der Waals surface area contributed by atoms with Crippen LogP contribution in [0.4, 0.5) is 0 Å². The molecule has 0 aliphatic rings. The molecule has 0 saturated heterocycles. The molecule has 0 bridgehead atoms. The van der Waals surface area contributed by atoms with Crippen molar-refractivity contribution in [1.82, 2.24) is 0 Å². The van der Waals surface area contributed by atoms with Crippen LogP contribution < -0.4 is 14.2 Å². The number of carboxylic acids is 1. The van der Waals surface area contributed by atoms with Crippen LogP contribution in [0.15, 0.2) is 72.8 Å². The summed E-state index contributed by atoms with van der Waals surface area (Å²) in [5, 5.41) is 8.94. The standard InChI is InChI=1S/C20H14O6/c21-13-24-15-9-11-17(12-10-15)26-19-4-2-1-3-18(19)25-16-7-5-14(6-8-16)20(22)23/h1-13H,(H,22,23). The van der Waals surface area contributed by atoms with E-state index in [1.54, 1.807) is 60.7 Å². The van der Waals surface area contributed by atoms with Gasteiger partial charge in [0.15, 0.2) is 11.5 Å². The summed E-state index contributed by atoms with van der Waals surface area (Å²) >= 11 is 0. The third kappa shape index (κ3) is 4.18. The van der Waals surface area contributed by atoms with Crippen molar-refractivity contribution in [2.24, 2.45) is 0 Å². The summed E-state index contributed by atoms with van der Waals surface area (Å²) in [5.74, 6) is 1.40. The smallest absolute Gasteiger partial charge is 0.335 e. The number of carboxylic acid groups (broad SMARTS) is 1. The average Bonchev–Trinajstić information content (AvgIpc) is 2.65. The quantitative estimate of drug-likeness (QED) is 0.632. The number of hydrogen-bond acceptors (Lipinski definition) is 5. The Balaban J connectivity index is 1.77. The number of hydrogen-bond donors (Lipinski definition) is 1. The van der Waals surface area contributed by atoms with Gasteiger partial charge in [-0.25, -0.2) is 4.79 Å². The Morgan fingerprint density at radius 3 is 1.65 bits per heavy atom. The van der Waals surface area contributed by atoms with Gasteiger partial charge in [0.25, 0.3) is 6.47 Å². The second-order valence-electron chi connectivity index (χ2n) is 5.17. The second-order valence-corrected chi connectivity index (χ2v) is 5.17. The Hall–Kier alpha value is -3.80. The van der Waals surface area contributed by atoms with Gasteiger partial charge in [-0.1, -0.05) is 12.1 Å². The minimum absolute atomic E-state index is 0.180. The topological polar surface area (TPSA) is 82.1 Å². The molecule has 0 aliphatic carbocycles. The van der Waals surface area contributed by atoms with Crippen LogP contribution in [0.25, 0.3) is 0 Å². The Bertz CT molecular complexity index is 900. The summed E-state index contributed by atoms with van der Waals surface area (Å²) in [4.78, 5) is 21.2. The number of carbonyl (C=O) groups excluding carboxylic acids is 1. The molecule has 0 unspecified atom stereocenters. The molecule has 0 amide bonds. The highest BCUT2D eigenvalue weighted by Crippen LogP contribution is 2.35. The Morgan fingerprint density at radius 2 is 1.19 bits per heavy atom. The highest BCUT2D eigenvalue weighted by molar-refractivity contribution is 5.87. The van der Waals surface area contributed by atoms with Gasteiger partial charge in [-0.2, -0.15) is 0 Å². The van der Waals surface area contributed by atoms with Gasteiger partial charge in [0.1, 0.15) is 17.2 Å². The summed E-state index contributed by atoms with van der Waals surface area (Å²) in [5.41, 5.74) is 0.180. The lowest BCUT2D eigenvalue weighted by Crippen LogP contribution is -1.95. The van der Waals surface area contributed by atoms with Gasteiger partial charge in [-0.15, -0.1) is 0 Å². The zero-order valence-electron chi connectivity index (χ0n) is 13.5. The maximum Gasteiger partial charge on any atom is 0.335 e. The fraction of sp³-hybridized carbons (Fsp3) is 0. The minimum Gasteiger partial charge on any atom is -0.478 e. The number of carbonyl (C=O) groups is 2. The molecule has 0 heterocycles. The molecule has 0 aromatic heterocycles. The van der Waals surface area contributed by atoms with Crippen molar-refractivity contribution in [3.8, 4) is 28.7 Å². The van der Waals surface area contributed by atoms with E-state index in [0.29, 0.717) is 35.2 Å². The second kappa shape index (κ2) is 7.85. The van der Waals surface area contributed by atoms with Crippen LogP contribution in [0.5, 0.6) is 28.7 Å². The van der Waals surface area contributed by atoms with Gasteiger partial charge in [0.05, 0.1) is 5.56 Å². The van der Waals surface area contributed by atoms with Gasteiger partial charge < -0.3 is 19.3 Å². The fourth-order valence-electron chi connectivity index (χ4n) is 2.18. The van der Waals surface area contributed by atoms with Crippen LogP contribution in [-0.2, 0) is 4.79 Å². The summed E-state index contributed by atoms with van der Waals surface area (Å²) < 4.78 is 16.3. The van der Waals surface area contributed by atoms with E-state index in [1.165, 1.54) is 12.1 Å². The highest BCUT2D eigenvalue weighted by Gasteiger charge is 2.08. The summed E-state index contributed by atoms with van der Waals surface area (Å²) in [7, 11) is 0. The van der Waals surface area contributed by atoms with E-state index >= 15 is 0 Å². The molecule has 0 saturated carbocycles. The van der Waals surface area contributed by atoms with E-state index < -0.39 is 5.97 Å². The van der Waals surface area contributed by atoms with Crippen molar-refractivity contribution in [2.45, 2.75) is 0 Å². The minimum atomic E-state index is -0.998. The van der Waals surface area contributed by atoms with Crippen LogP contribution >= 0.6 is 0 Å². The van der Waals surface area contributed by atoms with Crippen LogP contribution in [0.1, 0.15) is 10.4 Å². The molecule has 0 radical (unpaired) electrons. The van der Waals surface area contributed by atoms with Gasteiger partial charge in [-0.3, -0.25) is 4.79 Å². The van der Waals surface area contributed by atoms with Gasteiger partial charge in [-0.05, 0) is 60.7 Å². The van der Waals surface area contributed by atoms with E-state index in [1.807, 2.05) is 0 Å². The van der Waals surface area contributed by atoms with E-state index in [9.17, 15) is 9.59 Å². The van der Waals surface area contributed by atoms with Crippen molar-refractivity contribution in [1.29, 1.82) is 0 Å². The van der Waals surface area contributed by atoms with Gasteiger partial charge in [0.2, 0.25) is 0 Å². The Labute approximate surface area is 149 Å². The van der Waals surface area contributed by atoms with Crippen LogP contribution in [-0.4, -0.2) is 17.5 Å². The molecule has 6 heteroatoms. The van der Waals surface area contributed by atoms with Crippen molar-refractivity contribution in [2.75, 3.05) is 0 Å². The van der Waals surface area contributed by atoms with E-state index in [2.05, 4.69) is 0 Å². The molecule has 0 spiro atoms. The first-order chi connectivity index (χ1) is 12.7. The third-order valence-corrected chi connectivity index (χ3v) is 3.41. The predicted octanol–water partition coefficient (Wildman–Crippen LogP) is 4.50. The molecule has 130 valence electrons. The monoisotopic (exact) mass is 350 g/mol. The molecular formula is C20H14O6. The zero-order chi connectivity index (χ0) is 18.4. The maximum absolute atomic E-state index is 10.9. The Morgan fingerprint density at radius 1 is 0.731 bits per heavy atom. The summed E-state index contributed by atoms with van der Waals surface area (Å²) in [6, 6.07) is 19.7. The molecule has 3 rings (SSSR count). The normalized spacial score (nSPS) is 10.0.